The molecule has 2 rings (SSSR count). The van der Waals surface area contributed by atoms with Crippen molar-refractivity contribution < 1.29 is 4.39 Å². The molecule has 1 saturated heterocycles. The minimum Gasteiger partial charge on any atom is -0.316 e. The molecule has 1 N–H and O–H groups in total. The van der Waals surface area contributed by atoms with Crippen LogP contribution in [0.3, 0.4) is 0 Å². The van der Waals surface area contributed by atoms with Crippen molar-refractivity contribution in [3.8, 4) is 0 Å². The van der Waals surface area contributed by atoms with Crippen LogP contribution in [0, 0.1) is 11.2 Å². The van der Waals surface area contributed by atoms with E-state index in [1.807, 2.05) is 6.07 Å². The first-order valence-corrected chi connectivity index (χ1v) is 7.27. The van der Waals surface area contributed by atoms with Crippen molar-refractivity contribution in [2.75, 3.05) is 26.7 Å². The molecule has 1 fully saturated rings. The van der Waals surface area contributed by atoms with Crippen molar-refractivity contribution in [3.05, 3.63) is 35.6 Å². The molecule has 19 heavy (non-hydrogen) atoms. The van der Waals surface area contributed by atoms with Gasteiger partial charge in [-0.15, -0.1) is 0 Å². The quantitative estimate of drug-likeness (QED) is 0.879. The third-order valence-corrected chi connectivity index (χ3v) is 4.26. The Kier molecular flexibility index (Phi) is 4.94. The maximum absolute atomic E-state index is 13.2. The van der Waals surface area contributed by atoms with E-state index in [4.69, 9.17) is 0 Å². The van der Waals surface area contributed by atoms with Crippen LogP contribution in [0.15, 0.2) is 24.3 Å². The van der Waals surface area contributed by atoms with E-state index in [-0.39, 0.29) is 5.82 Å². The van der Waals surface area contributed by atoms with E-state index in [1.165, 1.54) is 25.3 Å². The van der Waals surface area contributed by atoms with Crippen LogP contribution in [-0.4, -0.2) is 31.6 Å². The van der Waals surface area contributed by atoms with Crippen LogP contribution in [0.5, 0.6) is 0 Å². The van der Waals surface area contributed by atoms with Crippen molar-refractivity contribution in [2.24, 2.45) is 5.41 Å². The van der Waals surface area contributed by atoms with E-state index in [2.05, 4.69) is 24.2 Å². The first-order chi connectivity index (χ1) is 9.13. The zero-order chi connectivity index (χ0) is 13.7. The first kappa shape index (κ1) is 14.5. The summed E-state index contributed by atoms with van der Waals surface area (Å²) >= 11 is 0. The second-order valence-electron chi connectivity index (χ2n) is 5.94. The highest BCUT2D eigenvalue weighted by molar-refractivity contribution is 5.16. The lowest BCUT2D eigenvalue weighted by Gasteiger charge is -2.40. The molecule has 0 aromatic heterocycles. The van der Waals surface area contributed by atoms with Crippen molar-refractivity contribution in [1.82, 2.24) is 10.2 Å². The first-order valence-electron chi connectivity index (χ1n) is 7.27. The van der Waals surface area contributed by atoms with Crippen LogP contribution in [-0.2, 0) is 6.54 Å². The molecule has 0 spiro atoms. The summed E-state index contributed by atoms with van der Waals surface area (Å²) in [6.45, 7) is 6.43. The molecule has 2 nitrogen and oxygen atoms in total. The summed E-state index contributed by atoms with van der Waals surface area (Å²) in [5.74, 6) is -0.143. The summed E-state index contributed by atoms with van der Waals surface area (Å²) < 4.78 is 13.2. The summed E-state index contributed by atoms with van der Waals surface area (Å²) in [4.78, 5) is 2.32. The van der Waals surface area contributed by atoms with Gasteiger partial charge in [-0.2, -0.15) is 0 Å². The predicted octanol–water partition coefficient (Wildman–Crippen LogP) is 3.04. The van der Waals surface area contributed by atoms with Gasteiger partial charge in [0.05, 0.1) is 0 Å². The van der Waals surface area contributed by atoms with E-state index >= 15 is 0 Å². The number of halogens is 1. The van der Waals surface area contributed by atoms with Crippen LogP contribution < -0.4 is 5.32 Å². The van der Waals surface area contributed by atoms with Gasteiger partial charge >= 0.3 is 0 Å². The van der Waals surface area contributed by atoms with E-state index in [0.29, 0.717) is 5.41 Å². The highest BCUT2D eigenvalue weighted by atomic mass is 19.1. The van der Waals surface area contributed by atoms with Gasteiger partial charge in [0.2, 0.25) is 0 Å². The third kappa shape index (κ3) is 4.02. The molecule has 1 aromatic rings. The van der Waals surface area contributed by atoms with Gasteiger partial charge in [0.25, 0.3) is 0 Å². The second kappa shape index (κ2) is 6.49. The average Bonchev–Trinajstić information content (AvgIpc) is 2.39. The molecule has 0 aliphatic carbocycles. The van der Waals surface area contributed by atoms with Crippen LogP contribution in [0.2, 0.25) is 0 Å². The number of rotatable bonds is 5. The normalized spacial score (nSPS) is 23.8. The van der Waals surface area contributed by atoms with Gasteiger partial charge in [-0.05, 0) is 56.0 Å². The summed E-state index contributed by atoms with van der Waals surface area (Å²) in [5.41, 5.74) is 1.44. The fourth-order valence-corrected chi connectivity index (χ4v) is 3.15. The zero-order valence-electron chi connectivity index (χ0n) is 12.1. The highest BCUT2D eigenvalue weighted by Gasteiger charge is 2.31. The Labute approximate surface area is 116 Å². The molecule has 106 valence electrons. The molecular formula is C16H25FN2. The molecule has 1 aromatic carbocycles. The number of benzene rings is 1. The Bertz CT molecular complexity index is 399. The lowest BCUT2D eigenvalue weighted by atomic mass is 9.78. The van der Waals surface area contributed by atoms with E-state index in [9.17, 15) is 4.39 Å². The highest BCUT2D eigenvalue weighted by Crippen LogP contribution is 2.31. The largest absolute Gasteiger partial charge is 0.316 e. The fraction of sp³-hybridized carbons (Fsp3) is 0.625. The van der Waals surface area contributed by atoms with Crippen molar-refractivity contribution in [2.45, 2.75) is 32.7 Å². The minimum absolute atomic E-state index is 0.143. The van der Waals surface area contributed by atoms with Crippen molar-refractivity contribution in [3.63, 3.8) is 0 Å². The van der Waals surface area contributed by atoms with E-state index in [1.54, 1.807) is 12.1 Å². The van der Waals surface area contributed by atoms with Gasteiger partial charge in [0.15, 0.2) is 0 Å². The Morgan fingerprint density at radius 3 is 2.89 bits per heavy atom. The van der Waals surface area contributed by atoms with Crippen molar-refractivity contribution in [1.29, 1.82) is 0 Å². The molecule has 1 aliphatic rings. The lowest BCUT2D eigenvalue weighted by Crippen LogP contribution is -2.46. The number of nitrogens with zero attached hydrogens (tertiary/aromatic N) is 1. The molecule has 0 radical (unpaired) electrons. The average molecular weight is 264 g/mol. The molecule has 0 saturated carbocycles. The second-order valence-corrected chi connectivity index (χ2v) is 5.94. The van der Waals surface area contributed by atoms with E-state index in [0.717, 1.165) is 31.7 Å². The molecule has 0 bridgehead atoms. The van der Waals surface area contributed by atoms with Gasteiger partial charge in [-0.1, -0.05) is 19.1 Å². The van der Waals surface area contributed by atoms with Gasteiger partial charge in [-0.3, -0.25) is 0 Å². The Morgan fingerprint density at radius 2 is 2.26 bits per heavy atom. The summed E-state index contributed by atoms with van der Waals surface area (Å²) in [5, 5.41) is 3.52. The van der Waals surface area contributed by atoms with Crippen LogP contribution >= 0.6 is 0 Å². The van der Waals surface area contributed by atoms with Crippen LogP contribution in [0.1, 0.15) is 31.7 Å². The van der Waals surface area contributed by atoms with Crippen LogP contribution in [0.25, 0.3) is 0 Å². The van der Waals surface area contributed by atoms with Crippen LogP contribution in [0.4, 0.5) is 4.39 Å². The summed E-state index contributed by atoms with van der Waals surface area (Å²) in [6, 6.07) is 6.92. The SMILES string of the molecule is CCC1(CN(C)Cc2cccc(F)c2)CCCNC1. The number of nitrogens with one attached hydrogen (secondary N) is 1. The molecule has 0 amide bonds. The lowest BCUT2D eigenvalue weighted by molar-refractivity contribution is 0.125. The summed E-state index contributed by atoms with van der Waals surface area (Å²) in [7, 11) is 2.14. The van der Waals surface area contributed by atoms with E-state index < -0.39 is 0 Å². The molecule has 1 unspecified atom stereocenters. The number of piperidine rings is 1. The zero-order valence-corrected chi connectivity index (χ0v) is 12.1. The number of hydrogen-bond acceptors (Lipinski definition) is 2. The molecule has 1 atom stereocenters. The molecule has 1 aliphatic heterocycles. The maximum atomic E-state index is 13.2. The van der Waals surface area contributed by atoms with Gasteiger partial charge in [-0.25, -0.2) is 4.39 Å². The molecular weight excluding hydrogens is 239 g/mol. The predicted molar refractivity (Wildman–Crippen MR) is 77.6 cm³/mol. The molecule has 3 heteroatoms. The Hall–Kier alpha value is -0.930. The smallest absolute Gasteiger partial charge is 0.123 e. The third-order valence-electron chi connectivity index (χ3n) is 4.26. The topological polar surface area (TPSA) is 15.3 Å². The monoisotopic (exact) mass is 264 g/mol. The fourth-order valence-electron chi connectivity index (χ4n) is 3.15. The van der Waals surface area contributed by atoms with Crippen molar-refractivity contribution >= 4 is 0 Å². The van der Waals surface area contributed by atoms with Gasteiger partial charge in [0, 0.05) is 19.6 Å². The minimum atomic E-state index is -0.143. The Morgan fingerprint density at radius 1 is 1.42 bits per heavy atom. The summed E-state index contributed by atoms with van der Waals surface area (Å²) in [6.07, 6.45) is 3.76. The Balaban J connectivity index is 1.94. The standard InChI is InChI=1S/C16H25FN2/c1-3-16(8-5-9-18-12-16)13-19(2)11-14-6-4-7-15(17)10-14/h4,6-7,10,18H,3,5,8-9,11-13H2,1-2H3. The van der Waals surface area contributed by atoms with Gasteiger partial charge in [0.1, 0.15) is 5.82 Å². The maximum Gasteiger partial charge on any atom is 0.123 e. The number of hydrogen-bond donors (Lipinski definition) is 1. The van der Waals surface area contributed by atoms with Gasteiger partial charge < -0.3 is 10.2 Å². The molecule has 1 heterocycles.